The van der Waals surface area contributed by atoms with E-state index in [1.807, 2.05) is 0 Å². The van der Waals surface area contributed by atoms with Crippen LogP contribution in [0.15, 0.2) is 0 Å². The summed E-state index contributed by atoms with van der Waals surface area (Å²) < 4.78 is 36.4. The van der Waals surface area contributed by atoms with Crippen LogP contribution in [0.1, 0.15) is 20.3 Å². The molecule has 1 saturated carbocycles. The molecular weight excluding hydrogens is 167 g/mol. The van der Waals surface area contributed by atoms with Gasteiger partial charge in [-0.1, -0.05) is 13.8 Å². The van der Waals surface area contributed by atoms with Crippen molar-refractivity contribution in [3.8, 4) is 6.07 Å². The van der Waals surface area contributed by atoms with Gasteiger partial charge in [0.25, 0.3) is 0 Å². The van der Waals surface area contributed by atoms with E-state index in [2.05, 4.69) is 0 Å². The molecule has 68 valence electrons. The molecule has 12 heavy (non-hydrogen) atoms. The molecule has 0 saturated heterocycles. The molecule has 1 fully saturated rings. The van der Waals surface area contributed by atoms with E-state index in [4.69, 9.17) is 5.26 Å². The SMILES string of the molecule is CC(C)C1(C#N)C[C@H]1C(F)(F)F. The Kier molecular flexibility index (Phi) is 1.86. The van der Waals surface area contributed by atoms with Crippen LogP contribution in [0.3, 0.4) is 0 Å². The molecule has 0 bridgehead atoms. The summed E-state index contributed by atoms with van der Waals surface area (Å²) in [5, 5.41) is 8.61. The molecule has 0 aliphatic heterocycles. The summed E-state index contributed by atoms with van der Waals surface area (Å²) in [4.78, 5) is 0. The lowest BCUT2D eigenvalue weighted by atomic mass is 9.91. The van der Waals surface area contributed by atoms with E-state index in [0.29, 0.717) is 0 Å². The lowest BCUT2D eigenvalue weighted by Crippen LogP contribution is -2.20. The summed E-state index contributed by atoms with van der Waals surface area (Å²) in [7, 11) is 0. The van der Waals surface area contributed by atoms with Gasteiger partial charge >= 0.3 is 6.18 Å². The van der Waals surface area contributed by atoms with Crippen LogP contribution in [-0.2, 0) is 0 Å². The van der Waals surface area contributed by atoms with E-state index in [-0.39, 0.29) is 12.3 Å². The van der Waals surface area contributed by atoms with Gasteiger partial charge in [0.1, 0.15) is 0 Å². The molecule has 1 aliphatic carbocycles. The van der Waals surface area contributed by atoms with Crippen LogP contribution in [0.5, 0.6) is 0 Å². The van der Waals surface area contributed by atoms with E-state index < -0.39 is 17.5 Å². The van der Waals surface area contributed by atoms with Crippen molar-refractivity contribution in [3.63, 3.8) is 0 Å². The fourth-order valence-electron chi connectivity index (χ4n) is 1.58. The Morgan fingerprint density at radius 3 is 2.08 bits per heavy atom. The first-order chi connectivity index (χ1) is 5.34. The minimum Gasteiger partial charge on any atom is -0.198 e. The summed E-state index contributed by atoms with van der Waals surface area (Å²) in [6.45, 7) is 3.32. The number of rotatable bonds is 1. The molecule has 0 N–H and O–H groups in total. The second kappa shape index (κ2) is 2.38. The van der Waals surface area contributed by atoms with Crippen molar-refractivity contribution < 1.29 is 13.2 Å². The first kappa shape index (κ1) is 9.37. The molecule has 1 nitrogen and oxygen atoms in total. The molecule has 2 atom stereocenters. The summed E-state index contributed by atoms with van der Waals surface area (Å²) in [5.74, 6) is -1.61. The Bertz CT molecular complexity index is 225. The lowest BCUT2D eigenvalue weighted by Gasteiger charge is -2.14. The molecule has 0 radical (unpaired) electrons. The number of nitrogens with zero attached hydrogens (tertiary/aromatic N) is 1. The van der Waals surface area contributed by atoms with Crippen molar-refractivity contribution in [2.45, 2.75) is 26.4 Å². The average Bonchev–Trinajstić information content (AvgIpc) is 2.60. The number of halogens is 3. The number of hydrogen-bond acceptors (Lipinski definition) is 1. The highest BCUT2D eigenvalue weighted by Gasteiger charge is 2.68. The smallest absolute Gasteiger partial charge is 0.198 e. The molecular formula is C8H10F3N. The first-order valence-electron chi connectivity index (χ1n) is 3.82. The van der Waals surface area contributed by atoms with E-state index in [1.165, 1.54) is 0 Å². The van der Waals surface area contributed by atoms with Crippen LogP contribution in [0.25, 0.3) is 0 Å². The Labute approximate surface area is 69.2 Å². The van der Waals surface area contributed by atoms with Gasteiger partial charge in [0.15, 0.2) is 0 Å². The highest BCUT2D eigenvalue weighted by Crippen LogP contribution is 2.63. The summed E-state index contributed by atoms with van der Waals surface area (Å²) in [6.07, 6.45) is -4.22. The van der Waals surface area contributed by atoms with Crippen molar-refractivity contribution in [2.75, 3.05) is 0 Å². The lowest BCUT2D eigenvalue weighted by molar-refractivity contribution is -0.155. The Morgan fingerprint density at radius 2 is 2.00 bits per heavy atom. The van der Waals surface area contributed by atoms with Gasteiger partial charge in [-0.15, -0.1) is 0 Å². The number of alkyl halides is 3. The normalized spacial score (nSPS) is 34.9. The average molecular weight is 177 g/mol. The van der Waals surface area contributed by atoms with E-state index in [9.17, 15) is 13.2 Å². The number of nitriles is 1. The summed E-state index contributed by atoms with van der Waals surface area (Å²) in [6, 6.07) is 1.79. The number of hydrogen-bond donors (Lipinski definition) is 0. The topological polar surface area (TPSA) is 23.8 Å². The molecule has 0 aromatic heterocycles. The van der Waals surface area contributed by atoms with Crippen molar-refractivity contribution in [1.29, 1.82) is 5.26 Å². The van der Waals surface area contributed by atoms with Gasteiger partial charge in [0.05, 0.1) is 17.4 Å². The maximum Gasteiger partial charge on any atom is 0.393 e. The zero-order valence-corrected chi connectivity index (χ0v) is 6.94. The summed E-state index contributed by atoms with van der Waals surface area (Å²) in [5.41, 5.74) is -1.13. The van der Waals surface area contributed by atoms with Crippen LogP contribution in [0.2, 0.25) is 0 Å². The predicted octanol–water partition coefficient (Wildman–Crippen LogP) is 2.73. The van der Waals surface area contributed by atoms with Crippen LogP contribution in [0, 0.1) is 28.6 Å². The molecule has 1 unspecified atom stereocenters. The molecule has 0 spiro atoms. The van der Waals surface area contributed by atoms with Crippen LogP contribution >= 0.6 is 0 Å². The first-order valence-corrected chi connectivity index (χ1v) is 3.82. The molecule has 1 aliphatic rings. The highest BCUT2D eigenvalue weighted by molar-refractivity contribution is 5.19. The maximum atomic E-state index is 12.1. The molecule has 0 heterocycles. The Hall–Kier alpha value is -0.720. The summed E-state index contributed by atoms with van der Waals surface area (Å²) >= 11 is 0. The highest BCUT2D eigenvalue weighted by atomic mass is 19.4. The van der Waals surface area contributed by atoms with Crippen LogP contribution in [-0.4, -0.2) is 6.18 Å². The molecule has 0 aromatic rings. The van der Waals surface area contributed by atoms with Crippen LogP contribution in [0.4, 0.5) is 13.2 Å². The third-order valence-corrected chi connectivity index (χ3v) is 2.64. The van der Waals surface area contributed by atoms with Gasteiger partial charge in [-0.05, 0) is 12.3 Å². The van der Waals surface area contributed by atoms with Crippen molar-refractivity contribution in [2.24, 2.45) is 17.3 Å². The van der Waals surface area contributed by atoms with Crippen molar-refractivity contribution in [3.05, 3.63) is 0 Å². The Morgan fingerprint density at radius 1 is 1.50 bits per heavy atom. The quantitative estimate of drug-likeness (QED) is 0.604. The van der Waals surface area contributed by atoms with Crippen molar-refractivity contribution in [1.82, 2.24) is 0 Å². The minimum absolute atomic E-state index is 0.0231. The van der Waals surface area contributed by atoms with E-state index in [0.717, 1.165) is 0 Å². The fraction of sp³-hybridized carbons (Fsp3) is 0.875. The zero-order valence-electron chi connectivity index (χ0n) is 6.94. The van der Waals surface area contributed by atoms with Gasteiger partial charge in [-0.25, -0.2) is 0 Å². The second-order valence-corrected chi connectivity index (χ2v) is 3.61. The standard InChI is InChI=1S/C8H10F3N/c1-5(2)7(4-12)3-6(7)8(9,10)11/h5-6H,3H2,1-2H3/t6-,7?/m1/s1. The van der Waals surface area contributed by atoms with Crippen LogP contribution < -0.4 is 0 Å². The van der Waals surface area contributed by atoms with E-state index in [1.54, 1.807) is 19.9 Å². The fourth-order valence-corrected chi connectivity index (χ4v) is 1.58. The van der Waals surface area contributed by atoms with Gasteiger partial charge in [-0.3, -0.25) is 0 Å². The van der Waals surface area contributed by atoms with E-state index >= 15 is 0 Å². The minimum atomic E-state index is -4.19. The zero-order chi connectivity index (χ0) is 9.57. The molecule has 0 amide bonds. The monoisotopic (exact) mass is 177 g/mol. The van der Waals surface area contributed by atoms with Gasteiger partial charge in [-0.2, -0.15) is 18.4 Å². The molecule has 0 aromatic carbocycles. The largest absolute Gasteiger partial charge is 0.393 e. The maximum absolute atomic E-state index is 12.1. The molecule has 4 heteroatoms. The molecule has 1 rings (SSSR count). The van der Waals surface area contributed by atoms with Gasteiger partial charge in [0, 0.05) is 0 Å². The second-order valence-electron chi connectivity index (χ2n) is 3.61. The van der Waals surface area contributed by atoms with Gasteiger partial charge in [0.2, 0.25) is 0 Å². The Balaban J connectivity index is 2.77. The third kappa shape index (κ3) is 1.17. The predicted molar refractivity (Wildman–Crippen MR) is 37.0 cm³/mol. The van der Waals surface area contributed by atoms with Gasteiger partial charge < -0.3 is 0 Å². The third-order valence-electron chi connectivity index (χ3n) is 2.64. The van der Waals surface area contributed by atoms with Crippen molar-refractivity contribution >= 4 is 0 Å².